The van der Waals surface area contributed by atoms with Gasteiger partial charge < -0.3 is 14.0 Å². The highest BCUT2D eigenvalue weighted by atomic mass is 35.5. The lowest BCUT2D eigenvalue weighted by Gasteiger charge is -2.26. The molecule has 0 aliphatic carbocycles. The zero-order chi connectivity index (χ0) is 24.6. The summed E-state index contributed by atoms with van der Waals surface area (Å²) < 4.78 is 12.1. The maximum Gasteiger partial charge on any atom is 0.338 e. The van der Waals surface area contributed by atoms with Crippen LogP contribution in [0.1, 0.15) is 37.5 Å². The molecule has 1 aliphatic rings. The molecule has 2 aromatic carbocycles. The number of esters is 1. The van der Waals surface area contributed by atoms with Gasteiger partial charge in [0.2, 0.25) is 5.78 Å². The lowest BCUT2D eigenvalue weighted by Crippen LogP contribution is -2.37. The van der Waals surface area contributed by atoms with E-state index in [9.17, 15) is 9.59 Å². The minimum atomic E-state index is -0.447. The van der Waals surface area contributed by atoms with Gasteiger partial charge in [-0.05, 0) is 41.8 Å². The molecule has 0 atom stereocenters. The highest BCUT2D eigenvalue weighted by Crippen LogP contribution is 2.19. The van der Waals surface area contributed by atoms with Crippen LogP contribution in [0.5, 0.6) is 0 Å². The van der Waals surface area contributed by atoms with Crippen molar-refractivity contribution in [3.8, 4) is 0 Å². The Kier molecular flexibility index (Phi) is 8.53. The van der Waals surface area contributed by atoms with Crippen LogP contribution in [-0.4, -0.2) is 61.2 Å². The maximum atomic E-state index is 13.2. The number of nitrogens with zero attached hydrogens (tertiary/aromatic N) is 2. The predicted octanol–water partition coefficient (Wildman–Crippen LogP) is 4.75. The number of aromatic nitrogens is 1. The molecule has 0 spiro atoms. The van der Waals surface area contributed by atoms with Crippen molar-refractivity contribution in [2.75, 3.05) is 40.0 Å². The van der Waals surface area contributed by atoms with E-state index in [0.717, 1.165) is 39.3 Å². The molecule has 0 bridgehead atoms. The molecule has 7 heteroatoms. The van der Waals surface area contributed by atoms with E-state index in [1.54, 1.807) is 18.2 Å². The van der Waals surface area contributed by atoms with Crippen molar-refractivity contribution in [3.05, 3.63) is 99.8 Å². The second-order valence-corrected chi connectivity index (χ2v) is 8.84. The van der Waals surface area contributed by atoms with E-state index in [4.69, 9.17) is 21.1 Å². The summed E-state index contributed by atoms with van der Waals surface area (Å²) in [6.45, 7) is 5.03. The van der Waals surface area contributed by atoms with E-state index in [1.807, 2.05) is 59.3 Å². The van der Waals surface area contributed by atoms with Gasteiger partial charge >= 0.3 is 5.97 Å². The number of morpholine rings is 1. The van der Waals surface area contributed by atoms with Crippen LogP contribution in [0, 0.1) is 0 Å². The molecule has 1 saturated heterocycles. The largest absolute Gasteiger partial charge is 0.465 e. The summed E-state index contributed by atoms with van der Waals surface area (Å²) in [6.07, 6.45) is 6.56. The fourth-order valence-electron chi connectivity index (χ4n) is 4.12. The SMILES string of the molecule is COC(=O)c1cc(Cl)ccc1/C=C/Cn1cccc1C(=O)c1ccc(CCN2CCOCC2)cc1. The Bertz CT molecular complexity index is 1190. The summed E-state index contributed by atoms with van der Waals surface area (Å²) in [5, 5.41) is 0.466. The van der Waals surface area contributed by atoms with E-state index < -0.39 is 5.97 Å². The van der Waals surface area contributed by atoms with E-state index in [-0.39, 0.29) is 5.78 Å². The fourth-order valence-corrected chi connectivity index (χ4v) is 4.29. The number of halogens is 1. The van der Waals surface area contributed by atoms with Crippen LogP contribution in [0.15, 0.2) is 66.9 Å². The highest BCUT2D eigenvalue weighted by molar-refractivity contribution is 6.31. The predicted molar refractivity (Wildman–Crippen MR) is 137 cm³/mol. The summed E-state index contributed by atoms with van der Waals surface area (Å²) in [6, 6.07) is 16.6. The number of allylic oxidation sites excluding steroid dienone is 1. The highest BCUT2D eigenvalue weighted by Gasteiger charge is 2.14. The Balaban J connectivity index is 1.40. The Morgan fingerprint density at radius 1 is 1.09 bits per heavy atom. The molecule has 0 amide bonds. The number of ketones is 1. The molecular weight excluding hydrogens is 464 g/mol. The zero-order valence-electron chi connectivity index (χ0n) is 19.8. The number of carbonyl (C=O) groups is 2. The molecule has 4 rings (SSSR count). The third-order valence-electron chi connectivity index (χ3n) is 6.12. The van der Waals surface area contributed by atoms with Crippen molar-refractivity contribution >= 4 is 29.4 Å². The minimum Gasteiger partial charge on any atom is -0.465 e. The number of hydrogen-bond acceptors (Lipinski definition) is 5. The molecular formula is C28H29ClN2O4. The van der Waals surface area contributed by atoms with Crippen LogP contribution < -0.4 is 0 Å². The zero-order valence-corrected chi connectivity index (χ0v) is 20.5. The molecule has 2 heterocycles. The first-order valence-corrected chi connectivity index (χ1v) is 12.1. The summed E-state index contributed by atoms with van der Waals surface area (Å²) in [5.41, 5.74) is 3.59. The molecule has 35 heavy (non-hydrogen) atoms. The average molecular weight is 493 g/mol. The number of methoxy groups -OCH3 is 1. The van der Waals surface area contributed by atoms with Gasteiger partial charge in [0, 0.05) is 43.0 Å². The summed E-state index contributed by atoms with van der Waals surface area (Å²) in [4.78, 5) is 27.6. The monoisotopic (exact) mass is 492 g/mol. The van der Waals surface area contributed by atoms with Crippen molar-refractivity contribution in [2.45, 2.75) is 13.0 Å². The first-order chi connectivity index (χ1) is 17.0. The van der Waals surface area contributed by atoms with Crippen molar-refractivity contribution in [1.29, 1.82) is 0 Å². The number of carbonyl (C=O) groups excluding carboxylic acids is 2. The number of benzene rings is 2. The van der Waals surface area contributed by atoms with Crippen LogP contribution >= 0.6 is 11.6 Å². The Morgan fingerprint density at radius 3 is 2.60 bits per heavy atom. The first kappa shape index (κ1) is 24.9. The van der Waals surface area contributed by atoms with E-state index in [2.05, 4.69) is 4.90 Å². The fraction of sp³-hybridized carbons (Fsp3) is 0.286. The molecule has 0 unspecified atom stereocenters. The Labute approximate surface area is 210 Å². The standard InChI is InChI=1S/C28H29ClN2O4/c1-34-28(33)25-20-24(29)11-10-22(25)4-2-13-31-14-3-5-26(31)27(32)23-8-6-21(7-9-23)12-15-30-16-18-35-19-17-30/h2-11,14,20H,12-13,15-19H2,1H3/b4-2+. The molecule has 1 fully saturated rings. The first-order valence-electron chi connectivity index (χ1n) is 11.7. The second kappa shape index (κ2) is 12.0. The minimum absolute atomic E-state index is 0.0233. The number of hydrogen-bond donors (Lipinski definition) is 0. The Morgan fingerprint density at radius 2 is 1.86 bits per heavy atom. The quantitative estimate of drug-likeness (QED) is 0.319. The van der Waals surface area contributed by atoms with E-state index >= 15 is 0 Å². The Hall–Kier alpha value is -3.19. The van der Waals surface area contributed by atoms with Crippen molar-refractivity contribution < 1.29 is 19.1 Å². The van der Waals surface area contributed by atoms with Crippen molar-refractivity contribution in [1.82, 2.24) is 9.47 Å². The lowest BCUT2D eigenvalue weighted by atomic mass is 10.0. The molecule has 182 valence electrons. The van der Waals surface area contributed by atoms with Gasteiger partial charge in [0.15, 0.2) is 0 Å². The van der Waals surface area contributed by atoms with Crippen molar-refractivity contribution in [2.24, 2.45) is 0 Å². The molecule has 0 N–H and O–H groups in total. The van der Waals surface area contributed by atoms with Gasteiger partial charge in [-0.15, -0.1) is 0 Å². The third kappa shape index (κ3) is 6.48. The second-order valence-electron chi connectivity index (χ2n) is 8.40. The van der Waals surface area contributed by atoms with Crippen LogP contribution in [0.2, 0.25) is 5.02 Å². The molecule has 0 saturated carbocycles. The molecule has 6 nitrogen and oxygen atoms in total. The molecule has 0 radical (unpaired) electrons. The van der Waals surface area contributed by atoms with Crippen LogP contribution in [0.3, 0.4) is 0 Å². The van der Waals surface area contributed by atoms with Gasteiger partial charge in [0.25, 0.3) is 0 Å². The third-order valence-corrected chi connectivity index (χ3v) is 6.35. The summed E-state index contributed by atoms with van der Waals surface area (Å²) in [5.74, 6) is -0.470. The topological polar surface area (TPSA) is 60.8 Å². The maximum absolute atomic E-state index is 13.2. The van der Waals surface area contributed by atoms with Gasteiger partial charge in [0.05, 0.1) is 31.6 Å². The van der Waals surface area contributed by atoms with Gasteiger partial charge in [0.1, 0.15) is 0 Å². The normalized spacial score (nSPS) is 14.3. The van der Waals surface area contributed by atoms with Crippen molar-refractivity contribution in [3.63, 3.8) is 0 Å². The van der Waals surface area contributed by atoms with E-state index in [0.29, 0.717) is 34.0 Å². The number of rotatable bonds is 9. The number of ether oxygens (including phenoxy) is 2. The van der Waals surface area contributed by atoms with Gasteiger partial charge in [-0.3, -0.25) is 9.69 Å². The van der Waals surface area contributed by atoms with E-state index in [1.165, 1.54) is 12.7 Å². The van der Waals surface area contributed by atoms with Gasteiger partial charge in [-0.2, -0.15) is 0 Å². The molecule has 1 aromatic heterocycles. The van der Waals surface area contributed by atoms with Gasteiger partial charge in [-0.25, -0.2) is 4.79 Å². The van der Waals surface area contributed by atoms with Gasteiger partial charge in [-0.1, -0.05) is 54.1 Å². The smallest absolute Gasteiger partial charge is 0.338 e. The average Bonchev–Trinajstić information content (AvgIpc) is 3.37. The molecule has 1 aliphatic heterocycles. The summed E-state index contributed by atoms with van der Waals surface area (Å²) >= 11 is 6.03. The van der Waals surface area contributed by atoms with Crippen LogP contribution in [0.4, 0.5) is 0 Å². The molecule has 3 aromatic rings. The van der Waals surface area contributed by atoms with Crippen LogP contribution in [0.25, 0.3) is 6.08 Å². The lowest BCUT2D eigenvalue weighted by molar-refractivity contribution is 0.0384. The summed E-state index contributed by atoms with van der Waals surface area (Å²) in [7, 11) is 1.34. The van der Waals surface area contributed by atoms with Crippen LogP contribution in [-0.2, 0) is 22.4 Å².